The van der Waals surface area contributed by atoms with Gasteiger partial charge < -0.3 is 5.73 Å². The fourth-order valence-corrected chi connectivity index (χ4v) is 1.64. The molecule has 6 heteroatoms. The van der Waals surface area contributed by atoms with Crippen LogP contribution in [0.3, 0.4) is 0 Å². The maximum Gasteiger partial charge on any atom is 0.142 e. The lowest BCUT2D eigenvalue weighted by Gasteiger charge is -1.97. The molecule has 0 aromatic carbocycles. The van der Waals surface area contributed by atoms with Gasteiger partial charge in [-0.1, -0.05) is 4.49 Å². The molecule has 0 aliphatic rings. The van der Waals surface area contributed by atoms with Crippen LogP contribution < -0.4 is 5.73 Å². The van der Waals surface area contributed by atoms with Crippen LogP contribution in [0.25, 0.3) is 11.3 Å². The summed E-state index contributed by atoms with van der Waals surface area (Å²) in [5.41, 5.74) is 6.71. The van der Waals surface area contributed by atoms with Gasteiger partial charge in [0.1, 0.15) is 11.5 Å². The number of rotatable bonds is 2. The molecule has 2 heterocycles. The molecule has 72 valence electrons. The second-order valence-corrected chi connectivity index (χ2v) is 3.48. The molecule has 0 amide bonds. The number of pyridine rings is 1. The molecule has 0 saturated carbocycles. The first-order valence-corrected chi connectivity index (χ1v) is 4.71. The van der Waals surface area contributed by atoms with Gasteiger partial charge in [0.2, 0.25) is 0 Å². The molecule has 0 fully saturated rings. The van der Waals surface area contributed by atoms with Gasteiger partial charge in [0.25, 0.3) is 0 Å². The topological polar surface area (TPSA) is 64.7 Å². The minimum absolute atomic E-state index is 0.351. The van der Waals surface area contributed by atoms with Crippen LogP contribution in [0, 0.1) is 5.82 Å². The number of nitrogens with two attached hydrogens (primary N) is 1. The molecule has 0 aliphatic carbocycles. The van der Waals surface area contributed by atoms with Crippen molar-refractivity contribution in [1.82, 2.24) is 14.6 Å². The molecule has 0 bridgehead atoms. The predicted molar refractivity (Wildman–Crippen MR) is 51.0 cm³/mol. The Morgan fingerprint density at radius 3 is 3.00 bits per heavy atom. The highest BCUT2D eigenvalue weighted by molar-refractivity contribution is 7.05. The van der Waals surface area contributed by atoms with Gasteiger partial charge in [-0.25, -0.2) is 4.39 Å². The van der Waals surface area contributed by atoms with Crippen molar-refractivity contribution < 1.29 is 4.39 Å². The van der Waals surface area contributed by atoms with Gasteiger partial charge in [0.15, 0.2) is 0 Å². The normalized spacial score (nSPS) is 10.4. The van der Waals surface area contributed by atoms with Crippen LogP contribution in [0.4, 0.5) is 4.39 Å². The first kappa shape index (κ1) is 9.17. The van der Waals surface area contributed by atoms with E-state index in [2.05, 4.69) is 14.6 Å². The van der Waals surface area contributed by atoms with Crippen LogP contribution in [0.1, 0.15) is 4.88 Å². The van der Waals surface area contributed by atoms with Crippen molar-refractivity contribution in [2.45, 2.75) is 6.54 Å². The van der Waals surface area contributed by atoms with Crippen molar-refractivity contribution in [3.8, 4) is 11.3 Å². The molecule has 2 aromatic heterocycles. The lowest BCUT2D eigenvalue weighted by molar-refractivity contribution is 0.622. The van der Waals surface area contributed by atoms with E-state index in [9.17, 15) is 4.39 Å². The average molecular weight is 210 g/mol. The second kappa shape index (κ2) is 3.77. The number of hydrogen-bond donors (Lipinski definition) is 1. The standard InChI is InChI=1S/C8H7FN4S/c9-6-1-5(3-11-4-6)8-7(2-10)14-13-12-8/h1,3-4H,2,10H2. The van der Waals surface area contributed by atoms with Crippen molar-refractivity contribution >= 4 is 11.5 Å². The molecule has 2 N–H and O–H groups in total. The smallest absolute Gasteiger partial charge is 0.142 e. The van der Waals surface area contributed by atoms with Crippen molar-refractivity contribution in [2.24, 2.45) is 5.73 Å². The summed E-state index contributed by atoms with van der Waals surface area (Å²) >= 11 is 1.21. The van der Waals surface area contributed by atoms with Crippen LogP contribution in [-0.4, -0.2) is 14.6 Å². The van der Waals surface area contributed by atoms with Crippen LogP contribution in [0.2, 0.25) is 0 Å². The van der Waals surface area contributed by atoms with Gasteiger partial charge in [-0.2, -0.15) is 0 Å². The van der Waals surface area contributed by atoms with Crippen molar-refractivity contribution in [2.75, 3.05) is 0 Å². The Kier molecular flexibility index (Phi) is 2.47. The summed E-state index contributed by atoms with van der Waals surface area (Å²) in [7, 11) is 0. The molecular weight excluding hydrogens is 203 g/mol. The highest BCUT2D eigenvalue weighted by atomic mass is 32.1. The molecule has 0 unspecified atom stereocenters. The third-order valence-corrected chi connectivity index (χ3v) is 2.46. The molecule has 4 nitrogen and oxygen atoms in total. The second-order valence-electron chi connectivity index (χ2n) is 2.64. The van der Waals surface area contributed by atoms with E-state index in [1.807, 2.05) is 0 Å². The van der Waals surface area contributed by atoms with Gasteiger partial charge in [-0.3, -0.25) is 4.98 Å². The first-order chi connectivity index (χ1) is 6.81. The van der Waals surface area contributed by atoms with Crippen LogP contribution in [0.15, 0.2) is 18.5 Å². The summed E-state index contributed by atoms with van der Waals surface area (Å²) in [6.07, 6.45) is 2.68. The van der Waals surface area contributed by atoms with Crippen LogP contribution >= 0.6 is 11.5 Å². The van der Waals surface area contributed by atoms with Gasteiger partial charge >= 0.3 is 0 Å². The van der Waals surface area contributed by atoms with Gasteiger partial charge in [0.05, 0.1) is 11.1 Å². The molecule has 14 heavy (non-hydrogen) atoms. The van der Waals surface area contributed by atoms with E-state index in [0.29, 0.717) is 17.8 Å². The fourth-order valence-electron chi connectivity index (χ4n) is 1.10. The Bertz CT molecular complexity index is 442. The fraction of sp³-hybridized carbons (Fsp3) is 0.125. The maximum absolute atomic E-state index is 12.9. The molecule has 0 spiro atoms. The number of nitrogens with zero attached hydrogens (tertiary/aromatic N) is 3. The number of aromatic nitrogens is 3. The van der Waals surface area contributed by atoms with E-state index in [1.165, 1.54) is 17.6 Å². The Hall–Kier alpha value is -1.40. The van der Waals surface area contributed by atoms with Crippen LogP contribution in [0.5, 0.6) is 0 Å². The van der Waals surface area contributed by atoms with Gasteiger partial charge in [-0.15, -0.1) is 5.10 Å². The van der Waals surface area contributed by atoms with E-state index in [-0.39, 0.29) is 0 Å². The minimum Gasteiger partial charge on any atom is -0.326 e. The Balaban J connectivity index is 2.49. The maximum atomic E-state index is 12.9. The van der Waals surface area contributed by atoms with E-state index < -0.39 is 5.82 Å². The average Bonchev–Trinajstić information content (AvgIpc) is 2.65. The molecule has 0 aliphatic heterocycles. The lowest BCUT2D eigenvalue weighted by Crippen LogP contribution is -1.96. The Labute approximate surface area is 83.8 Å². The van der Waals surface area contributed by atoms with E-state index in [4.69, 9.17) is 5.73 Å². The Morgan fingerprint density at radius 2 is 2.29 bits per heavy atom. The van der Waals surface area contributed by atoms with Gasteiger partial charge in [-0.05, 0) is 17.6 Å². The van der Waals surface area contributed by atoms with E-state index in [0.717, 1.165) is 11.1 Å². The van der Waals surface area contributed by atoms with E-state index >= 15 is 0 Å². The monoisotopic (exact) mass is 210 g/mol. The molecule has 0 saturated heterocycles. The Morgan fingerprint density at radius 1 is 1.43 bits per heavy atom. The molecule has 2 aromatic rings. The van der Waals surface area contributed by atoms with Crippen molar-refractivity contribution in [3.63, 3.8) is 0 Å². The summed E-state index contributed by atoms with van der Waals surface area (Å²) in [6.45, 7) is 0.351. The number of halogens is 1. The highest BCUT2D eigenvalue weighted by Gasteiger charge is 2.09. The minimum atomic E-state index is -0.390. The summed E-state index contributed by atoms with van der Waals surface area (Å²) in [4.78, 5) is 4.57. The largest absolute Gasteiger partial charge is 0.326 e. The molecular formula is C8H7FN4S. The van der Waals surface area contributed by atoms with Crippen molar-refractivity contribution in [3.05, 3.63) is 29.2 Å². The SMILES string of the molecule is NCc1snnc1-c1cncc(F)c1. The third kappa shape index (κ3) is 1.61. The molecule has 0 atom stereocenters. The number of hydrogen-bond acceptors (Lipinski definition) is 5. The molecule has 2 rings (SSSR count). The van der Waals surface area contributed by atoms with E-state index in [1.54, 1.807) is 6.20 Å². The highest BCUT2D eigenvalue weighted by Crippen LogP contribution is 2.22. The summed E-state index contributed by atoms with van der Waals surface area (Å²) < 4.78 is 16.6. The van der Waals surface area contributed by atoms with Crippen LogP contribution in [-0.2, 0) is 6.54 Å². The summed E-state index contributed by atoms with van der Waals surface area (Å²) in [5, 5.41) is 3.88. The van der Waals surface area contributed by atoms with Gasteiger partial charge in [0, 0.05) is 18.3 Å². The zero-order valence-corrected chi connectivity index (χ0v) is 7.96. The predicted octanol–water partition coefficient (Wildman–Crippen LogP) is 1.20. The summed E-state index contributed by atoms with van der Waals surface area (Å²) in [6, 6.07) is 1.36. The zero-order valence-electron chi connectivity index (χ0n) is 7.14. The van der Waals surface area contributed by atoms with Crippen molar-refractivity contribution in [1.29, 1.82) is 0 Å². The zero-order chi connectivity index (χ0) is 9.97. The lowest BCUT2D eigenvalue weighted by atomic mass is 10.2. The quantitative estimate of drug-likeness (QED) is 0.808. The molecule has 0 radical (unpaired) electrons. The summed E-state index contributed by atoms with van der Waals surface area (Å²) in [5.74, 6) is -0.390. The third-order valence-electron chi connectivity index (χ3n) is 1.72. The first-order valence-electron chi connectivity index (χ1n) is 3.93.